The number of methoxy groups -OCH3 is 1. The molecular formula is C16H12ClN3O4S2. The Balaban J connectivity index is 1.53. The molecule has 1 aromatic carbocycles. The number of nitrogens with one attached hydrogen (secondary N) is 1. The second-order valence-electron chi connectivity index (χ2n) is 4.88. The van der Waals surface area contributed by atoms with Crippen molar-refractivity contribution in [3.8, 4) is 10.8 Å². The number of thiophene rings is 1. The van der Waals surface area contributed by atoms with Gasteiger partial charge in [0.1, 0.15) is 0 Å². The molecule has 0 saturated carbocycles. The lowest BCUT2D eigenvalue weighted by Crippen LogP contribution is -2.14. The maximum atomic E-state index is 12.0. The zero-order valence-electron chi connectivity index (χ0n) is 13.4. The molecule has 0 aliphatic carbocycles. The van der Waals surface area contributed by atoms with Crippen LogP contribution in [0.25, 0.3) is 10.8 Å². The zero-order chi connectivity index (χ0) is 18.5. The molecule has 3 rings (SSSR count). The van der Waals surface area contributed by atoms with Crippen LogP contribution in [0, 0.1) is 0 Å². The summed E-state index contributed by atoms with van der Waals surface area (Å²) in [5.41, 5.74) is 0.981. The van der Waals surface area contributed by atoms with Crippen molar-refractivity contribution in [2.45, 2.75) is 5.22 Å². The lowest BCUT2D eigenvalue weighted by Gasteiger charge is -2.05. The van der Waals surface area contributed by atoms with Gasteiger partial charge in [0.15, 0.2) is 0 Å². The van der Waals surface area contributed by atoms with Gasteiger partial charge in [0.2, 0.25) is 5.91 Å². The lowest BCUT2D eigenvalue weighted by atomic mass is 10.2. The number of amides is 1. The van der Waals surface area contributed by atoms with Crippen LogP contribution in [0.4, 0.5) is 5.69 Å². The third-order valence-corrected chi connectivity index (χ3v) is 5.14. The van der Waals surface area contributed by atoms with E-state index in [0.29, 0.717) is 26.7 Å². The number of aromatic nitrogens is 2. The van der Waals surface area contributed by atoms with E-state index in [2.05, 4.69) is 20.3 Å². The highest BCUT2D eigenvalue weighted by Gasteiger charge is 2.13. The van der Waals surface area contributed by atoms with Gasteiger partial charge in [-0.05, 0) is 36.4 Å². The number of nitrogens with zero attached hydrogens (tertiary/aromatic N) is 2. The SMILES string of the molecule is COC(=O)c1ccc(NC(=O)CSc2nnc(-c3ccc(Cl)s3)o2)cc1. The molecule has 0 radical (unpaired) electrons. The highest BCUT2D eigenvalue weighted by Crippen LogP contribution is 2.31. The van der Waals surface area contributed by atoms with E-state index < -0.39 is 5.97 Å². The minimum Gasteiger partial charge on any atom is -0.465 e. The molecule has 0 aliphatic rings. The number of carbonyl (C=O) groups excluding carboxylic acids is 2. The molecule has 0 unspecified atom stereocenters. The molecule has 0 spiro atoms. The molecular weight excluding hydrogens is 398 g/mol. The van der Waals surface area contributed by atoms with Crippen molar-refractivity contribution in [1.29, 1.82) is 0 Å². The van der Waals surface area contributed by atoms with Crippen molar-refractivity contribution in [3.05, 3.63) is 46.3 Å². The summed E-state index contributed by atoms with van der Waals surface area (Å²) in [5, 5.41) is 10.8. The Kier molecular flexibility index (Phi) is 5.92. The van der Waals surface area contributed by atoms with Gasteiger partial charge in [-0.2, -0.15) is 0 Å². The fraction of sp³-hybridized carbons (Fsp3) is 0.125. The van der Waals surface area contributed by atoms with Gasteiger partial charge in [-0.15, -0.1) is 21.5 Å². The van der Waals surface area contributed by atoms with Gasteiger partial charge in [0.05, 0.1) is 27.6 Å². The molecule has 0 atom stereocenters. The topological polar surface area (TPSA) is 94.3 Å². The van der Waals surface area contributed by atoms with E-state index in [1.54, 1.807) is 36.4 Å². The van der Waals surface area contributed by atoms with E-state index in [1.807, 2.05) is 0 Å². The summed E-state index contributed by atoms with van der Waals surface area (Å²) < 4.78 is 10.7. The molecule has 1 N–H and O–H groups in total. The Morgan fingerprint density at radius 2 is 2.00 bits per heavy atom. The molecule has 26 heavy (non-hydrogen) atoms. The Hall–Kier alpha value is -2.36. The first-order valence-electron chi connectivity index (χ1n) is 7.25. The molecule has 3 aromatic rings. The normalized spacial score (nSPS) is 10.5. The van der Waals surface area contributed by atoms with Crippen LogP contribution in [0.3, 0.4) is 0 Å². The maximum Gasteiger partial charge on any atom is 0.337 e. The molecule has 7 nitrogen and oxygen atoms in total. The van der Waals surface area contributed by atoms with Crippen molar-refractivity contribution in [2.75, 3.05) is 18.2 Å². The van der Waals surface area contributed by atoms with Gasteiger partial charge < -0.3 is 14.5 Å². The molecule has 0 aliphatic heterocycles. The van der Waals surface area contributed by atoms with Gasteiger partial charge in [0, 0.05) is 5.69 Å². The molecule has 0 saturated heterocycles. The van der Waals surface area contributed by atoms with E-state index in [0.717, 1.165) is 16.6 Å². The first kappa shape index (κ1) is 18.4. The van der Waals surface area contributed by atoms with E-state index in [4.69, 9.17) is 16.0 Å². The Labute approximate surface area is 161 Å². The molecule has 10 heteroatoms. The van der Waals surface area contributed by atoms with Gasteiger partial charge in [-0.1, -0.05) is 23.4 Å². The fourth-order valence-electron chi connectivity index (χ4n) is 1.93. The lowest BCUT2D eigenvalue weighted by molar-refractivity contribution is -0.113. The van der Waals surface area contributed by atoms with Crippen molar-refractivity contribution >= 4 is 52.3 Å². The van der Waals surface area contributed by atoms with Crippen LogP contribution < -0.4 is 5.32 Å². The number of halogens is 1. The van der Waals surface area contributed by atoms with Crippen LogP contribution >= 0.6 is 34.7 Å². The van der Waals surface area contributed by atoms with Gasteiger partial charge in [-0.25, -0.2) is 4.79 Å². The van der Waals surface area contributed by atoms with Crippen molar-refractivity contribution in [3.63, 3.8) is 0 Å². The maximum absolute atomic E-state index is 12.0. The third kappa shape index (κ3) is 4.63. The predicted octanol–water partition coefficient (Wildman–Crippen LogP) is 3.97. The van der Waals surface area contributed by atoms with Crippen LogP contribution in [-0.4, -0.2) is 34.9 Å². The number of esters is 1. The van der Waals surface area contributed by atoms with Gasteiger partial charge in [-0.3, -0.25) is 4.79 Å². The van der Waals surface area contributed by atoms with Crippen molar-refractivity contribution < 1.29 is 18.7 Å². The van der Waals surface area contributed by atoms with Crippen LogP contribution in [0.2, 0.25) is 4.34 Å². The smallest absolute Gasteiger partial charge is 0.337 e. The monoisotopic (exact) mass is 409 g/mol. The summed E-state index contributed by atoms with van der Waals surface area (Å²) in [4.78, 5) is 24.1. The second-order valence-corrected chi connectivity index (χ2v) is 7.52. The molecule has 134 valence electrons. The number of carbonyl (C=O) groups is 2. The number of thioether (sulfide) groups is 1. The average Bonchev–Trinajstić information content (AvgIpc) is 3.29. The summed E-state index contributed by atoms with van der Waals surface area (Å²) in [5.74, 6) is -0.202. The summed E-state index contributed by atoms with van der Waals surface area (Å²) in [6.07, 6.45) is 0. The van der Waals surface area contributed by atoms with E-state index in [9.17, 15) is 9.59 Å². The Morgan fingerprint density at radius 3 is 2.65 bits per heavy atom. The van der Waals surface area contributed by atoms with Crippen LogP contribution in [-0.2, 0) is 9.53 Å². The molecule has 1 amide bonds. The van der Waals surface area contributed by atoms with Gasteiger partial charge >= 0.3 is 5.97 Å². The van der Waals surface area contributed by atoms with Crippen LogP contribution in [0.5, 0.6) is 0 Å². The highest BCUT2D eigenvalue weighted by atomic mass is 35.5. The minimum absolute atomic E-state index is 0.103. The van der Waals surface area contributed by atoms with Crippen molar-refractivity contribution in [1.82, 2.24) is 10.2 Å². The number of rotatable bonds is 6. The number of hydrogen-bond acceptors (Lipinski definition) is 8. The predicted molar refractivity (Wildman–Crippen MR) is 99.8 cm³/mol. The second kappa shape index (κ2) is 8.35. The average molecular weight is 410 g/mol. The zero-order valence-corrected chi connectivity index (χ0v) is 15.8. The fourth-order valence-corrected chi connectivity index (χ4v) is 3.46. The summed E-state index contributed by atoms with van der Waals surface area (Å²) in [6.45, 7) is 0. The quantitative estimate of drug-likeness (QED) is 0.486. The van der Waals surface area contributed by atoms with E-state index in [-0.39, 0.29) is 11.7 Å². The van der Waals surface area contributed by atoms with Crippen LogP contribution in [0.15, 0.2) is 46.0 Å². The number of hydrogen-bond donors (Lipinski definition) is 1. The summed E-state index contributed by atoms with van der Waals surface area (Å²) >= 11 is 8.34. The highest BCUT2D eigenvalue weighted by molar-refractivity contribution is 7.99. The minimum atomic E-state index is -0.433. The first-order chi connectivity index (χ1) is 12.5. The Morgan fingerprint density at radius 1 is 1.23 bits per heavy atom. The van der Waals surface area contributed by atoms with E-state index in [1.165, 1.54) is 18.4 Å². The third-order valence-electron chi connectivity index (χ3n) is 3.11. The summed E-state index contributed by atoms with van der Waals surface area (Å²) in [6, 6.07) is 9.94. The molecule has 2 heterocycles. The summed E-state index contributed by atoms with van der Waals surface area (Å²) in [7, 11) is 1.31. The van der Waals surface area contributed by atoms with E-state index >= 15 is 0 Å². The largest absolute Gasteiger partial charge is 0.465 e. The number of benzene rings is 1. The first-order valence-corrected chi connectivity index (χ1v) is 9.43. The molecule has 2 aromatic heterocycles. The van der Waals surface area contributed by atoms with Crippen LogP contribution in [0.1, 0.15) is 10.4 Å². The van der Waals surface area contributed by atoms with Gasteiger partial charge in [0.25, 0.3) is 11.1 Å². The Bertz CT molecular complexity index is 924. The standard InChI is InChI=1S/C16H12ClN3O4S2/c1-23-15(22)9-2-4-10(5-3-9)18-13(21)8-25-16-20-19-14(24-16)11-6-7-12(17)26-11/h2-7H,8H2,1H3,(H,18,21). The van der Waals surface area contributed by atoms with Crippen molar-refractivity contribution in [2.24, 2.45) is 0 Å². The number of ether oxygens (including phenoxy) is 1. The molecule has 0 fully saturated rings. The number of anilines is 1. The molecule has 0 bridgehead atoms.